The summed E-state index contributed by atoms with van der Waals surface area (Å²) in [5, 5.41) is 19.0. The highest BCUT2D eigenvalue weighted by atomic mass is 16.5. The minimum Gasteiger partial charge on any atom is -0.508 e. The van der Waals surface area contributed by atoms with Crippen molar-refractivity contribution in [2.24, 2.45) is 0 Å². The van der Waals surface area contributed by atoms with Gasteiger partial charge in [-0.25, -0.2) is 4.85 Å². The average Bonchev–Trinajstić information content (AvgIpc) is 2.77. The molecule has 0 fully saturated rings. The number of nitrogens with zero attached hydrogens (tertiary/aromatic N) is 2. The van der Waals surface area contributed by atoms with E-state index in [1.54, 1.807) is 42.5 Å². The zero-order chi connectivity index (χ0) is 20.6. The van der Waals surface area contributed by atoms with Crippen LogP contribution in [0.15, 0.2) is 79.4 Å². The van der Waals surface area contributed by atoms with Gasteiger partial charge in [0.05, 0.1) is 18.2 Å². The third-order valence-corrected chi connectivity index (χ3v) is 4.37. The summed E-state index contributed by atoms with van der Waals surface area (Å²) >= 11 is 0. The molecule has 3 rings (SSSR count). The van der Waals surface area contributed by atoms with Gasteiger partial charge in [-0.15, -0.1) is 0 Å². The summed E-state index contributed by atoms with van der Waals surface area (Å²) in [7, 11) is 0. The lowest BCUT2D eigenvalue weighted by Gasteiger charge is -2.09. The maximum absolute atomic E-state index is 9.57. The maximum Gasteiger partial charge on any atom is 0.212 e. The van der Waals surface area contributed by atoms with Crippen molar-refractivity contribution in [3.05, 3.63) is 113 Å². The summed E-state index contributed by atoms with van der Waals surface area (Å²) in [4.78, 5) is 3.56. The van der Waals surface area contributed by atoms with Gasteiger partial charge in [-0.3, -0.25) is 0 Å². The van der Waals surface area contributed by atoms with Crippen LogP contribution in [0.25, 0.3) is 22.2 Å². The number of allylic oxidation sites excluding steroid dienone is 1. The fourth-order valence-electron chi connectivity index (χ4n) is 2.77. The van der Waals surface area contributed by atoms with Crippen LogP contribution in [0, 0.1) is 17.9 Å². The van der Waals surface area contributed by atoms with E-state index in [9.17, 15) is 10.4 Å². The first-order valence-corrected chi connectivity index (χ1v) is 8.90. The first-order chi connectivity index (χ1) is 14.1. The molecule has 4 nitrogen and oxygen atoms in total. The number of rotatable bonds is 6. The maximum atomic E-state index is 9.57. The van der Waals surface area contributed by atoms with Crippen molar-refractivity contribution in [1.82, 2.24) is 0 Å². The van der Waals surface area contributed by atoms with Crippen LogP contribution in [0.2, 0.25) is 0 Å². The highest BCUT2D eigenvalue weighted by Crippen LogP contribution is 2.29. The van der Waals surface area contributed by atoms with Gasteiger partial charge in [0.1, 0.15) is 18.1 Å². The Balaban J connectivity index is 1.79. The van der Waals surface area contributed by atoms with Crippen LogP contribution < -0.4 is 4.74 Å². The standard InChI is InChI=1S/C25H18N2O2/c1-3-18-4-6-19(7-5-18)17-29-23-14-10-21(11-15-23)25(27-2)24(16-26)20-8-12-22(28)13-9-20/h3-15,28H,1,17H2/b25-24-. The van der Waals surface area contributed by atoms with Crippen molar-refractivity contribution in [2.45, 2.75) is 6.61 Å². The average molecular weight is 378 g/mol. The molecule has 140 valence electrons. The molecule has 1 N–H and O–H groups in total. The summed E-state index contributed by atoms with van der Waals surface area (Å²) in [6.07, 6.45) is 1.79. The molecule has 29 heavy (non-hydrogen) atoms. The Morgan fingerprint density at radius 2 is 1.62 bits per heavy atom. The Morgan fingerprint density at radius 1 is 1.00 bits per heavy atom. The van der Waals surface area contributed by atoms with Crippen molar-refractivity contribution < 1.29 is 9.84 Å². The quantitative estimate of drug-likeness (QED) is 0.329. The second kappa shape index (κ2) is 9.08. The predicted octanol–water partition coefficient (Wildman–Crippen LogP) is 5.93. The summed E-state index contributed by atoms with van der Waals surface area (Å²) in [6.45, 7) is 11.7. The molecule has 0 aliphatic rings. The van der Waals surface area contributed by atoms with E-state index < -0.39 is 0 Å². The monoisotopic (exact) mass is 378 g/mol. The molecule has 0 saturated heterocycles. The highest BCUT2D eigenvalue weighted by molar-refractivity contribution is 5.99. The van der Waals surface area contributed by atoms with Gasteiger partial charge >= 0.3 is 0 Å². The van der Waals surface area contributed by atoms with Gasteiger partial charge < -0.3 is 9.84 Å². The van der Waals surface area contributed by atoms with Gasteiger partial charge in [0, 0.05) is 0 Å². The molecule has 0 amide bonds. The lowest BCUT2D eigenvalue weighted by atomic mass is 10.0. The molecule has 0 aromatic heterocycles. The van der Waals surface area contributed by atoms with Crippen molar-refractivity contribution >= 4 is 17.3 Å². The van der Waals surface area contributed by atoms with Gasteiger partial charge in [0.25, 0.3) is 0 Å². The Bertz CT molecular complexity index is 1110. The van der Waals surface area contributed by atoms with E-state index in [2.05, 4.69) is 17.5 Å². The number of phenolic OH excluding ortho intramolecular Hbond substituents is 1. The molecule has 0 aliphatic carbocycles. The first-order valence-electron chi connectivity index (χ1n) is 8.90. The van der Waals surface area contributed by atoms with E-state index in [4.69, 9.17) is 11.3 Å². The second-order valence-electron chi connectivity index (χ2n) is 6.25. The second-order valence-corrected chi connectivity index (χ2v) is 6.25. The molecule has 0 saturated carbocycles. The lowest BCUT2D eigenvalue weighted by molar-refractivity contribution is 0.306. The van der Waals surface area contributed by atoms with Gasteiger partial charge in [-0.2, -0.15) is 5.26 Å². The lowest BCUT2D eigenvalue weighted by Crippen LogP contribution is -1.95. The first kappa shape index (κ1) is 19.5. The molecule has 4 heteroatoms. The number of hydrogen-bond acceptors (Lipinski definition) is 3. The van der Waals surface area contributed by atoms with E-state index in [1.807, 2.05) is 24.3 Å². The van der Waals surface area contributed by atoms with Crippen LogP contribution in [0.1, 0.15) is 22.3 Å². The van der Waals surface area contributed by atoms with Crippen LogP contribution in [0.5, 0.6) is 11.5 Å². The van der Waals surface area contributed by atoms with E-state index in [-0.39, 0.29) is 17.0 Å². The smallest absolute Gasteiger partial charge is 0.212 e. The van der Waals surface area contributed by atoms with E-state index in [0.717, 1.165) is 11.1 Å². The molecule has 0 radical (unpaired) electrons. The largest absolute Gasteiger partial charge is 0.508 e. The number of phenols is 1. The molecule has 0 unspecified atom stereocenters. The Labute approximate surface area is 170 Å². The normalized spacial score (nSPS) is 11.0. The van der Waals surface area contributed by atoms with E-state index in [0.29, 0.717) is 23.5 Å². The van der Waals surface area contributed by atoms with Crippen LogP contribution >= 0.6 is 0 Å². The summed E-state index contributed by atoms with van der Waals surface area (Å²) in [5.74, 6) is 0.782. The summed E-state index contributed by atoms with van der Waals surface area (Å²) in [6, 6.07) is 23.4. The van der Waals surface area contributed by atoms with Crippen LogP contribution in [-0.4, -0.2) is 5.11 Å². The van der Waals surface area contributed by atoms with Gasteiger partial charge in [0.15, 0.2) is 0 Å². The van der Waals surface area contributed by atoms with Crippen LogP contribution in [-0.2, 0) is 6.61 Å². The third kappa shape index (κ3) is 4.71. The van der Waals surface area contributed by atoms with Crippen molar-refractivity contribution in [1.29, 1.82) is 5.26 Å². The number of hydrogen-bond donors (Lipinski definition) is 1. The molecule has 0 aliphatic heterocycles. The number of benzene rings is 3. The van der Waals surface area contributed by atoms with Crippen LogP contribution in [0.4, 0.5) is 0 Å². The topological polar surface area (TPSA) is 57.6 Å². The Morgan fingerprint density at radius 3 is 2.17 bits per heavy atom. The SMILES string of the molecule is [C-]#[N+]/C(=C(/C#N)c1ccc(O)cc1)c1ccc(OCc2ccc(C=C)cc2)cc1. The zero-order valence-corrected chi connectivity index (χ0v) is 15.7. The third-order valence-electron chi connectivity index (χ3n) is 4.37. The summed E-state index contributed by atoms with van der Waals surface area (Å²) in [5.41, 5.74) is 3.83. The molecule has 3 aromatic carbocycles. The molecule has 0 heterocycles. The number of ether oxygens (including phenoxy) is 1. The van der Waals surface area contributed by atoms with E-state index in [1.165, 1.54) is 12.1 Å². The Kier molecular flexibility index (Phi) is 6.10. The molecule has 3 aromatic rings. The molecule has 0 bridgehead atoms. The van der Waals surface area contributed by atoms with Crippen molar-refractivity contribution in [2.75, 3.05) is 0 Å². The van der Waals surface area contributed by atoms with Gasteiger partial charge in [-0.05, 0) is 46.5 Å². The number of aromatic hydroxyl groups is 1. The molecular formula is C25H18N2O2. The minimum atomic E-state index is 0.107. The Hall–Kier alpha value is -4.28. The summed E-state index contributed by atoms with van der Waals surface area (Å²) < 4.78 is 5.81. The molecule has 0 spiro atoms. The number of nitriles is 1. The van der Waals surface area contributed by atoms with Crippen LogP contribution in [0.3, 0.4) is 0 Å². The minimum absolute atomic E-state index is 0.107. The van der Waals surface area contributed by atoms with Crippen molar-refractivity contribution in [3.8, 4) is 17.6 Å². The molecular weight excluding hydrogens is 360 g/mol. The zero-order valence-electron chi connectivity index (χ0n) is 15.7. The van der Waals surface area contributed by atoms with Gasteiger partial charge in [-0.1, -0.05) is 61.2 Å². The highest BCUT2D eigenvalue weighted by Gasteiger charge is 2.12. The predicted molar refractivity (Wildman–Crippen MR) is 114 cm³/mol. The fourth-order valence-corrected chi connectivity index (χ4v) is 2.77. The molecule has 0 atom stereocenters. The van der Waals surface area contributed by atoms with Crippen molar-refractivity contribution in [3.63, 3.8) is 0 Å². The van der Waals surface area contributed by atoms with Gasteiger partial charge in [0.2, 0.25) is 5.70 Å². The fraction of sp³-hybridized carbons (Fsp3) is 0.0400. The van der Waals surface area contributed by atoms with E-state index >= 15 is 0 Å².